The van der Waals surface area contributed by atoms with E-state index in [9.17, 15) is 0 Å². The zero-order chi connectivity index (χ0) is 4.12. The molecule has 31 valence electrons. The van der Waals surface area contributed by atoms with E-state index in [1.807, 2.05) is 0 Å². The van der Waals surface area contributed by atoms with E-state index in [4.69, 9.17) is 0 Å². The SMILES string of the molecule is [CH2]CCCP. The quantitative estimate of drug-likeness (QED) is 0.449. The Bertz CT molecular complexity index is 11.1. The van der Waals surface area contributed by atoms with Gasteiger partial charge in [-0.2, -0.15) is 0 Å². The van der Waals surface area contributed by atoms with Gasteiger partial charge in [0.25, 0.3) is 0 Å². The lowest BCUT2D eigenvalue weighted by atomic mass is 10.4. The van der Waals surface area contributed by atoms with Crippen LogP contribution in [0.3, 0.4) is 0 Å². The molecule has 1 atom stereocenters. The van der Waals surface area contributed by atoms with Crippen LogP contribution < -0.4 is 0 Å². The molecule has 0 saturated heterocycles. The molecule has 5 heavy (non-hydrogen) atoms. The van der Waals surface area contributed by atoms with Crippen molar-refractivity contribution in [2.75, 3.05) is 6.16 Å². The fourth-order valence-corrected chi connectivity index (χ4v) is 0.433. The first-order valence-electron chi connectivity index (χ1n) is 1.91. The summed E-state index contributed by atoms with van der Waals surface area (Å²) < 4.78 is 0. The Morgan fingerprint density at radius 3 is 2.20 bits per heavy atom. The van der Waals surface area contributed by atoms with Crippen molar-refractivity contribution in [3.63, 3.8) is 0 Å². The molecule has 0 heterocycles. The first-order valence-corrected chi connectivity index (χ1v) is 2.72. The minimum absolute atomic E-state index is 1.07. The second-order valence-corrected chi connectivity index (χ2v) is 1.57. The predicted molar refractivity (Wildman–Crippen MR) is 29.2 cm³/mol. The van der Waals surface area contributed by atoms with Gasteiger partial charge >= 0.3 is 0 Å². The van der Waals surface area contributed by atoms with E-state index in [2.05, 4.69) is 16.2 Å². The smallest absolute Gasteiger partial charge is 0.0381 e. The molecule has 0 aromatic carbocycles. The van der Waals surface area contributed by atoms with Gasteiger partial charge in [0.05, 0.1) is 0 Å². The highest BCUT2D eigenvalue weighted by atomic mass is 31.0. The average molecular weight is 89.1 g/mol. The van der Waals surface area contributed by atoms with Crippen LogP contribution in [0.2, 0.25) is 0 Å². The van der Waals surface area contributed by atoms with Crippen LogP contribution in [0.25, 0.3) is 0 Å². The van der Waals surface area contributed by atoms with Gasteiger partial charge in [0.1, 0.15) is 0 Å². The summed E-state index contributed by atoms with van der Waals surface area (Å²) >= 11 is 0. The van der Waals surface area contributed by atoms with E-state index in [0.717, 1.165) is 6.42 Å². The van der Waals surface area contributed by atoms with Crippen molar-refractivity contribution >= 4 is 9.24 Å². The van der Waals surface area contributed by atoms with Crippen molar-refractivity contribution < 1.29 is 0 Å². The summed E-state index contributed by atoms with van der Waals surface area (Å²) in [5, 5.41) is 0. The minimum Gasteiger partial charge on any atom is -0.138 e. The van der Waals surface area contributed by atoms with E-state index < -0.39 is 0 Å². The van der Waals surface area contributed by atoms with Crippen molar-refractivity contribution in [1.82, 2.24) is 0 Å². The molecule has 1 heteroatoms. The normalized spacial score (nSPS) is 8.40. The largest absolute Gasteiger partial charge is 0.138 e. The van der Waals surface area contributed by atoms with Gasteiger partial charge in [-0.05, 0) is 12.6 Å². The molecular weight excluding hydrogens is 79.0 g/mol. The van der Waals surface area contributed by atoms with Gasteiger partial charge in [-0.15, -0.1) is 9.24 Å². The van der Waals surface area contributed by atoms with Gasteiger partial charge in [0.15, 0.2) is 0 Å². The Balaban J connectivity index is 2.19. The third-order valence-corrected chi connectivity index (χ3v) is 0.862. The van der Waals surface area contributed by atoms with Crippen LogP contribution in [0.15, 0.2) is 0 Å². The molecule has 0 aliphatic heterocycles. The Kier molecular flexibility index (Phi) is 4.81. The van der Waals surface area contributed by atoms with E-state index in [0.29, 0.717) is 0 Å². The van der Waals surface area contributed by atoms with Crippen LogP contribution in [-0.2, 0) is 0 Å². The van der Waals surface area contributed by atoms with Gasteiger partial charge in [-0.1, -0.05) is 13.3 Å². The van der Waals surface area contributed by atoms with Crippen LogP contribution in [0, 0.1) is 6.92 Å². The Hall–Kier alpha value is 0.430. The molecule has 0 bridgehead atoms. The van der Waals surface area contributed by atoms with Gasteiger partial charge in [-0.3, -0.25) is 0 Å². The van der Waals surface area contributed by atoms with Crippen molar-refractivity contribution in [1.29, 1.82) is 0 Å². The average Bonchev–Trinajstić information content (AvgIpc) is 1.41. The van der Waals surface area contributed by atoms with Gasteiger partial charge < -0.3 is 0 Å². The Morgan fingerprint density at radius 1 is 1.60 bits per heavy atom. The van der Waals surface area contributed by atoms with E-state index in [1.54, 1.807) is 0 Å². The van der Waals surface area contributed by atoms with Gasteiger partial charge in [0, 0.05) is 0 Å². The second-order valence-electron chi connectivity index (χ2n) is 0.996. The second kappa shape index (κ2) is 4.43. The van der Waals surface area contributed by atoms with Crippen molar-refractivity contribution in [2.24, 2.45) is 0 Å². The lowest BCUT2D eigenvalue weighted by Gasteiger charge is -1.79. The highest BCUT2D eigenvalue weighted by molar-refractivity contribution is 7.16. The Labute approximate surface area is 36.2 Å². The molecule has 0 N–H and O–H groups in total. The number of rotatable bonds is 2. The highest BCUT2D eigenvalue weighted by Crippen LogP contribution is 1.89. The molecule has 0 aliphatic rings. The van der Waals surface area contributed by atoms with Crippen LogP contribution in [0.4, 0.5) is 0 Å². The lowest BCUT2D eigenvalue weighted by Crippen LogP contribution is -1.64. The summed E-state index contributed by atoms with van der Waals surface area (Å²) in [4.78, 5) is 0. The summed E-state index contributed by atoms with van der Waals surface area (Å²) in [5.41, 5.74) is 0. The van der Waals surface area contributed by atoms with Crippen molar-refractivity contribution in [3.8, 4) is 0 Å². The molecule has 0 aliphatic carbocycles. The van der Waals surface area contributed by atoms with E-state index in [-0.39, 0.29) is 0 Å². The maximum Gasteiger partial charge on any atom is -0.0381 e. The summed E-state index contributed by atoms with van der Waals surface area (Å²) in [5.74, 6) is 0. The van der Waals surface area contributed by atoms with Crippen LogP contribution in [0.1, 0.15) is 12.8 Å². The molecule has 0 fully saturated rings. The maximum absolute atomic E-state index is 3.66. The van der Waals surface area contributed by atoms with Gasteiger partial charge in [-0.25, -0.2) is 0 Å². The molecule has 0 spiro atoms. The molecule has 0 rings (SSSR count). The fourth-order valence-electron chi connectivity index (χ4n) is 0.144. The Morgan fingerprint density at radius 2 is 2.20 bits per heavy atom. The zero-order valence-corrected chi connectivity index (χ0v) is 4.56. The maximum atomic E-state index is 3.66. The molecule has 1 unspecified atom stereocenters. The first-order chi connectivity index (χ1) is 2.41. The zero-order valence-electron chi connectivity index (χ0n) is 3.41. The first kappa shape index (κ1) is 5.43. The molecule has 1 radical (unpaired) electrons. The monoisotopic (exact) mass is 89.1 g/mol. The third kappa shape index (κ3) is 4.43. The molecule has 0 aromatic heterocycles. The minimum atomic E-state index is 1.07. The molecule has 0 nitrogen and oxygen atoms in total. The molecule has 0 aromatic rings. The highest BCUT2D eigenvalue weighted by Gasteiger charge is 1.68. The van der Waals surface area contributed by atoms with Crippen LogP contribution in [-0.4, -0.2) is 6.16 Å². The van der Waals surface area contributed by atoms with Crippen molar-refractivity contribution in [2.45, 2.75) is 12.8 Å². The molecule has 0 saturated carbocycles. The number of hydrogen-bond donors (Lipinski definition) is 0. The standard InChI is InChI=1S/C4H10P/c1-2-3-4-5/h1-5H2. The molecular formula is C4H10P. The lowest BCUT2D eigenvalue weighted by molar-refractivity contribution is 0.970. The summed E-state index contributed by atoms with van der Waals surface area (Å²) in [6, 6.07) is 0. The topological polar surface area (TPSA) is 0 Å². The third-order valence-electron chi connectivity index (χ3n) is 0.454. The summed E-state index contributed by atoms with van der Waals surface area (Å²) in [6.45, 7) is 3.66. The van der Waals surface area contributed by atoms with E-state index >= 15 is 0 Å². The van der Waals surface area contributed by atoms with Gasteiger partial charge in [0.2, 0.25) is 0 Å². The number of unbranched alkanes of at least 4 members (excludes halogenated alkanes) is 1. The van der Waals surface area contributed by atoms with Crippen LogP contribution >= 0.6 is 9.24 Å². The van der Waals surface area contributed by atoms with E-state index in [1.165, 1.54) is 12.6 Å². The summed E-state index contributed by atoms with van der Waals surface area (Å²) in [7, 11) is 2.66. The number of hydrogen-bond acceptors (Lipinski definition) is 0. The summed E-state index contributed by atoms with van der Waals surface area (Å²) in [6.07, 6.45) is 3.51. The molecule has 0 amide bonds. The van der Waals surface area contributed by atoms with Crippen molar-refractivity contribution in [3.05, 3.63) is 6.92 Å². The van der Waals surface area contributed by atoms with Crippen LogP contribution in [0.5, 0.6) is 0 Å². The fraction of sp³-hybridized carbons (Fsp3) is 0.750. The predicted octanol–water partition coefficient (Wildman–Crippen LogP) is 1.48.